The van der Waals surface area contributed by atoms with Crippen LogP contribution in [-0.2, 0) is 11.2 Å². The highest BCUT2D eigenvalue weighted by Gasteiger charge is 1.98. The third kappa shape index (κ3) is 7.35. The fourth-order valence-corrected chi connectivity index (χ4v) is 2.10. The van der Waals surface area contributed by atoms with E-state index in [4.69, 9.17) is 4.74 Å². The molecule has 0 bridgehead atoms. The summed E-state index contributed by atoms with van der Waals surface area (Å²) in [5.74, 6) is 0.982. The Balaban J connectivity index is 0.00000288. The minimum atomic E-state index is -0.0866. The SMILES string of the molecule is CC(=O)Nc1ccc(OCCNCCc2ccc(O)cc2)cc1.Cl. The van der Waals surface area contributed by atoms with Crippen LogP contribution in [-0.4, -0.2) is 30.7 Å². The zero-order valence-electron chi connectivity index (χ0n) is 13.6. The maximum atomic E-state index is 10.9. The fraction of sp³-hybridized carbons (Fsp3) is 0.278. The van der Waals surface area contributed by atoms with Crippen molar-refractivity contribution in [3.8, 4) is 11.5 Å². The summed E-state index contributed by atoms with van der Waals surface area (Å²) in [6, 6.07) is 14.5. The summed E-state index contributed by atoms with van der Waals surface area (Å²) in [5, 5.41) is 15.2. The molecule has 0 spiro atoms. The van der Waals surface area contributed by atoms with E-state index in [9.17, 15) is 9.90 Å². The zero-order chi connectivity index (χ0) is 16.5. The first-order valence-electron chi connectivity index (χ1n) is 7.62. The van der Waals surface area contributed by atoms with Crippen LogP contribution in [0.25, 0.3) is 0 Å². The van der Waals surface area contributed by atoms with E-state index in [1.54, 1.807) is 12.1 Å². The van der Waals surface area contributed by atoms with Gasteiger partial charge in [-0.2, -0.15) is 0 Å². The normalized spacial score (nSPS) is 9.88. The summed E-state index contributed by atoms with van der Waals surface area (Å²) >= 11 is 0. The lowest BCUT2D eigenvalue weighted by atomic mass is 10.1. The number of benzene rings is 2. The van der Waals surface area contributed by atoms with Gasteiger partial charge in [0.15, 0.2) is 0 Å². The number of carbonyl (C=O) groups excluding carboxylic acids is 1. The Labute approximate surface area is 148 Å². The molecule has 0 aliphatic rings. The van der Waals surface area contributed by atoms with Crippen LogP contribution in [0.15, 0.2) is 48.5 Å². The van der Waals surface area contributed by atoms with Gasteiger partial charge in [0.2, 0.25) is 5.91 Å². The predicted octanol–water partition coefficient (Wildman–Crippen LogP) is 2.98. The summed E-state index contributed by atoms with van der Waals surface area (Å²) in [5.41, 5.74) is 1.95. The van der Waals surface area contributed by atoms with Gasteiger partial charge in [0.25, 0.3) is 0 Å². The first-order valence-corrected chi connectivity index (χ1v) is 7.62. The Bertz CT molecular complexity index is 615. The van der Waals surface area contributed by atoms with Gasteiger partial charge in [-0.1, -0.05) is 12.1 Å². The second kappa shape index (κ2) is 10.5. The molecule has 0 saturated heterocycles. The third-order valence-electron chi connectivity index (χ3n) is 3.25. The molecule has 3 N–H and O–H groups in total. The van der Waals surface area contributed by atoms with Crippen LogP contribution in [0.5, 0.6) is 11.5 Å². The Morgan fingerprint density at radius 1 is 1.04 bits per heavy atom. The molecule has 6 heteroatoms. The van der Waals surface area contributed by atoms with Gasteiger partial charge in [0.1, 0.15) is 18.1 Å². The molecule has 2 rings (SSSR count). The van der Waals surface area contributed by atoms with Crippen LogP contribution < -0.4 is 15.4 Å². The summed E-state index contributed by atoms with van der Waals surface area (Å²) < 4.78 is 5.63. The highest BCUT2D eigenvalue weighted by Crippen LogP contribution is 2.15. The molecule has 5 nitrogen and oxygen atoms in total. The minimum Gasteiger partial charge on any atom is -0.508 e. The summed E-state index contributed by atoms with van der Waals surface area (Å²) in [6.07, 6.45) is 0.908. The van der Waals surface area contributed by atoms with E-state index in [0.717, 1.165) is 30.9 Å². The molecule has 1 amide bonds. The second-order valence-electron chi connectivity index (χ2n) is 5.22. The van der Waals surface area contributed by atoms with Crippen molar-refractivity contribution in [2.75, 3.05) is 25.0 Å². The van der Waals surface area contributed by atoms with Gasteiger partial charge in [-0.15, -0.1) is 12.4 Å². The fourth-order valence-electron chi connectivity index (χ4n) is 2.10. The summed E-state index contributed by atoms with van der Waals surface area (Å²) in [4.78, 5) is 10.9. The number of halogens is 1. The number of amides is 1. The number of hydrogen-bond acceptors (Lipinski definition) is 4. The lowest BCUT2D eigenvalue weighted by Crippen LogP contribution is -2.23. The summed E-state index contributed by atoms with van der Waals surface area (Å²) in [7, 11) is 0. The van der Waals surface area contributed by atoms with Crippen molar-refractivity contribution >= 4 is 24.0 Å². The average molecular weight is 351 g/mol. The number of rotatable bonds is 8. The van der Waals surface area contributed by atoms with E-state index in [0.29, 0.717) is 12.4 Å². The van der Waals surface area contributed by atoms with Crippen molar-refractivity contribution < 1.29 is 14.6 Å². The molecule has 2 aromatic carbocycles. The standard InChI is InChI=1S/C18H22N2O3.ClH/c1-14(21)20-16-4-8-18(9-5-16)23-13-12-19-11-10-15-2-6-17(22)7-3-15;/h2-9,19,22H,10-13H2,1H3,(H,20,21);1H. The molecule has 0 aromatic heterocycles. The number of phenolic OH excluding ortho intramolecular Hbond substituents is 1. The molecule has 24 heavy (non-hydrogen) atoms. The molecule has 0 radical (unpaired) electrons. The lowest BCUT2D eigenvalue weighted by molar-refractivity contribution is -0.114. The van der Waals surface area contributed by atoms with Crippen LogP contribution in [0.3, 0.4) is 0 Å². The van der Waals surface area contributed by atoms with Crippen molar-refractivity contribution in [3.63, 3.8) is 0 Å². The molecule has 2 aromatic rings. The quantitative estimate of drug-likeness (QED) is 0.640. The van der Waals surface area contributed by atoms with Crippen LogP contribution in [0.4, 0.5) is 5.69 Å². The summed E-state index contributed by atoms with van der Waals surface area (Å²) in [6.45, 7) is 3.67. The average Bonchev–Trinajstić information content (AvgIpc) is 2.53. The van der Waals surface area contributed by atoms with Crippen LogP contribution in [0.2, 0.25) is 0 Å². The molecule has 130 valence electrons. The zero-order valence-corrected chi connectivity index (χ0v) is 14.4. The first-order chi connectivity index (χ1) is 11.1. The number of ether oxygens (including phenoxy) is 1. The molecule has 0 aliphatic heterocycles. The van der Waals surface area contributed by atoms with E-state index in [2.05, 4.69) is 10.6 Å². The Hall–Kier alpha value is -2.24. The Kier molecular flexibility index (Phi) is 8.68. The Morgan fingerprint density at radius 2 is 1.71 bits per heavy atom. The van der Waals surface area contributed by atoms with Crippen molar-refractivity contribution in [1.82, 2.24) is 5.32 Å². The van der Waals surface area contributed by atoms with Gasteiger partial charge in [-0.25, -0.2) is 0 Å². The smallest absolute Gasteiger partial charge is 0.221 e. The second-order valence-corrected chi connectivity index (χ2v) is 5.22. The number of carbonyl (C=O) groups is 1. The molecule has 0 saturated carbocycles. The largest absolute Gasteiger partial charge is 0.508 e. The molecule has 0 unspecified atom stereocenters. The number of anilines is 1. The van der Waals surface area contributed by atoms with Crippen molar-refractivity contribution in [2.45, 2.75) is 13.3 Å². The number of phenols is 1. The van der Waals surface area contributed by atoms with E-state index in [-0.39, 0.29) is 18.3 Å². The lowest BCUT2D eigenvalue weighted by Gasteiger charge is -2.09. The molecular weight excluding hydrogens is 328 g/mol. The number of aromatic hydroxyl groups is 1. The molecule has 0 fully saturated rings. The topological polar surface area (TPSA) is 70.6 Å². The van der Waals surface area contributed by atoms with E-state index in [1.807, 2.05) is 36.4 Å². The maximum absolute atomic E-state index is 10.9. The van der Waals surface area contributed by atoms with Gasteiger partial charge >= 0.3 is 0 Å². The third-order valence-corrected chi connectivity index (χ3v) is 3.25. The number of nitrogens with one attached hydrogen (secondary N) is 2. The maximum Gasteiger partial charge on any atom is 0.221 e. The van der Waals surface area contributed by atoms with Crippen LogP contribution in [0, 0.1) is 0 Å². The molecule has 0 aliphatic carbocycles. The first kappa shape index (κ1) is 19.8. The molecule has 0 atom stereocenters. The van der Waals surface area contributed by atoms with Gasteiger partial charge in [0.05, 0.1) is 0 Å². The van der Waals surface area contributed by atoms with Gasteiger partial charge in [-0.3, -0.25) is 4.79 Å². The van der Waals surface area contributed by atoms with E-state index < -0.39 is 0 Å². The van der Waals surface area contributed by atoms with Crippen LogP contribution >= 0.6 is 12.4 Å². The highest BCUT2D eigenvalue weighted by atomic mass is 35.5. The molecular formula is C18H23ClN2O3. The molecule has 0 heterocycles. The Morgan fingerprint density at radius 3 is 2.33 bits per heavy atom. The minimum absolute atomic E-state index is 0. The number of hydrogen-bond donors (Lipinski definition) is 3. The van der Waals surface area contributed by atoms with Crippen molar-refractivity contribution in [1.29, 1.82) is 0 Å². The van der Waals surface area contributed by atoms with Crippen molar-refractivity contribution in [2.24, 2.45) is 0 Å². The van der Waals surface area contributed by atoms with Gasteiger partial charge in [0, 0.05) is 19.2 Å². The van der Waals surface area contributed by atoms with Gasteiger partial charge in [-0.05, 0) is 54.9 Å². The van der Waals surface area contributed by atoms with Crippen LogP contribution in [0.1, 0.15) is 12.5 Å². The van der Waals surface area contributed by atoms with Gasteiger partial charge < -0.3 is 20.5 Å². The van der Waals surface area contributed by atoms with Crippen molar-refractivity contribution in [3.05, 3.63) is 54.1 Å². The predicted molar refractivity (Wildman–Crippen MR) is 98.2 cm³/mol. The van der Waals surface area contributed by atoms with E-state index in [1.165, 1.54) is 12.5 Å². The highest BCUT2D eigenvalue weighted by molar-refractivity contribution is 5.88. The van der Waals surface area contributed by atoms with E-state index >= 15 is 0 Å². The monoisotopic (exact) mass is 350 g/mol.